The standard InChI is InChI=1S/C17H14BrN3O2S/c18-15-4-2-1-3-13(15)10-23-14-7-5-12(6-8-14)9-19-21-17-20-16(22)11-24-17/h1-9H,10-11H2,(H,20,21,22). The molecule has 0 radical (unpaired) electrons. The van der Waals surface area contributed by atoms with E-state index in [0.29, 0.717) is 17.5 Å². The van der Waals surface area contributed by atoms with Crippen LogP contribution >= 0.6 is 27.7 Å². The molecule has 0 spiro atoms. The summed E-state index contributed by atoms with van der Waals surface area (Å²) < 4.78 is 6.80. The SMILES string of the molecule is O=C1CSC(=NN=Cc2ccc(OCc3ccccc3Br)cc2)N1. The van der Waals surface area contributed by atoms with Crippen molar-refractivity contribution in [3.63, 3.8) is 0 Å². The second kappa shape index (κ2) is 8.12. The largest absolute Gasteiger partial charge is 0.489 e. The summed E-state index contributed by atoms with van der Waals surface area (Å²) >= 11 is 4.85. The summed E-state index contributed by atoms with van der Waals surface area (Å²) in [7, 11) is 0. The first kappa shape index (κ1) is 16.7. The van der Waals surface area contributed by atoms with E-state index in [1.54, 1.807) is 6.21 Å². The smallest absolute Gasteiger partial charge is 0.236 e. The van der Waals surface area contributed by atoms with Crippen LogP contribution in [0.25, 0.3) is 0 Å². The highest BCUT2D eigenvalue weighted by atomic mass is 79.9. The van der Waals surface area contributed by atoms with Crippen LogP contribution in [0, 0.1) is 0 Å². The molecule has 2 aromatic rings. The Labute approximate surface area is 152 Å². The Balaban J connectivity index is 1.55. The third kappa shape index (κ3) is 4.69. The van der Waals surface area contributed by atoms with Crippen LogP contribution in [0.15, 0.2) is 63.2 Å². The number of carbonyl (C=O) groups excluding carboxylic acids is 1. The molecule has 3 rings (SSSR count). The van der Waals surface area contributed by atoms with Crippen LogP contribution in [-0.4, -0.2) is 23.0 Å². The molecule has 1 heterocycles. The van der Waals surface area contributed by atoms with Gasteiger partial charge in [-0.25, -0.2) is 0 Å². The average molecular weight is 404 g/mol. The summed E-state index contributed by atoms with van der Waals surface area (Å²) in [6, 6.07) is 15.5. The minimum atomic E-state index is -0.0412. The highest BCUT2D eigenvalue weighted by Gasteiger charge is 2.15. The number of hydrogen-bond donors (Lipinski definition) is 1. The Kier molecular flexibility index (Phi) is 5.66. The molecule has 1 N–H and O–H groups in total. The first-order valence-electron chi connectivity index (χ1n) is 7.21. The molecule has 1 saturated heterocycles. The number of ether oxygens (including phenoxy) is 1. The van der Waals surface area contributed by atoms with Crippen molar-refractivity contribution in [2.75, 3.05) is 5.75 Å². The third-order valence-corrected chi connectivity index (χ3v) is 4.81. The van der Waals surface area contributed by atoms with Gasteiger partial charge in [0.1, 0.15) is 12.4 Å². The van der Waals surface area contributed by atoms with Gasteiger partial charge in [-0.3, -0.25) is 4.79 Å². The number of carbonyl (C=O) groups is 1. The first-order valence-corrected chi connectivity index (χ1v) is 8.98. The van der Waals surface area contributed by atoms with Crippen molar-refractivity contribution < 1.29 is 9.53 Å². The molecule has 0 aliphatic carbocycles. The Bertz CT molecular complexity index is 791. The zero-order valence-electron chi connectivity index (χ0n) is 12.6. The van der Waals surface area contributed by atoms with Crippen LogP contribution < -0.4 is 10.1 Å². The van der Waals surface area contributed by atoms with Crippen LogP contribution in [-0.2, 0) is 11.4 Å². The van der Waals surface area contributed by atoms with E-state index in [1.807, 2.05) is 48.5 Å². The van der Waals surface area contributed by atoms with Crippen molar-refractivity contribution in [2.45, 2.75) is 6.61 Å². The van der Waals surface area contributed by atoms with E-state index in [0.717, 1.165) is 21.3 Å². The van der Waals surface area contributed by atoms with Crippen molar-refractivity contribution in [2.24, 2.45) is 10.2 Å². The number of thioether (sulfide) groups is 1. The van der Waals surface area contributed by atoms with Crippen LogP contribution in [0.3, 0.4) is 0 Å². The predicted octanol–water partition coefficient (Wildman–Crippen LogP) is 3.58. The molecular weight excluding hydrogens is 390 g/mol. The highest BCUT2D eigenvalue weighted by Crippen LogP contribution is 2.19. The summed E-state index contributed by atoms with van der Waals surface area (Å²) in [5, 5.41) is 11.1. The van der Waals surface area contributed by atoms with Crippen molar-refractivity contribution in [3.05, 3.63) is 64.1 Å². The first-order chi connectivity index (χ1) is 11.7. The third-order valence-electron chi connectivity index (χ3n) is 3.17. The lowest BCUT2D eigenvalue weighted by Gasteiger charge is -2.07. The predicted molar refractivity (Wildman–Crippen MR) is 101 cm³/mol. The molecule has 0 atom stereocenters. The second-order valence-corrected chi connectivity index (χ2v) is 6.75. The number of hydrogen-bond acceptors (Lipinski definition) is 5. The molecule has 0 unspecified atom stereocenters. The van der Waals surface area contributed by atoms with Crippen molar-refractivity contribution in [1.29, 1.82) is 0 Å². The molecule has 0 aromatic heterocycles. The maximum Gasteiger partial charge on any atom is 0.236 e. The van der Waals surface area contributed by atoms with Gasteiger partial charge in [-0.15, -0.1) is 5.10 Å². The van der Waals surface area contributed by atoms with E-state index in [-0.39, 0.29) is 5.91 Å². The number of nitrogens with zero attached hydrogens (tertiary/aromatic N) is 2. The number of amides is 1. The van der Waals surface area contributed by atoms with Gasteiger partial charge in [-0.05, 0) is 35.9 Å². The molecule has 5 nitrogen and oxygen atoms in total. The van der Waals surface area contributed by atoms with Crippen LogP contribution in [0.2, 0.25) is 0 Å². The zero-order chi connectivity index (χ0) is 16.8. The van der Waals surface area contributed by atoms with E-state index in [4.69, 9.17) is 4.74 Å². The number of rotatable bonds is 5. The summed E-state index contributed by atoms with van der Waals surface area (Å²) in [5.74, 6) is 1.14. The number of halogens is 1. The minimum absolute atomic E-state index is 0.0412. The lowest BCUT2D eigenvalue weighted by atomic mass is 10.2. The van der Waals surface area contributed by atoms with E-state index in [2.05, 4.69) is 31.4 Å². The topological polar surface area (TPSA) is 63.0 Å². The monoisotopic (exact) mass is 403 g/mol. The molecule has 7 heteroatoms. The van der Waals surface area contributed by atoms with Gasteiger partial charge in [-0.2, -0.15) is 5.10 Å². The van der Waals surface area contributed by atoms with Crippen LogP contribution in [0.5, 0.6) is 5.75 Å². The Morgan fingerprint density at radius 1 is 1.21 bits per heavy atom. The fourth-order valence-electron chi connectivity index (χ4n) is 1.95. The summed E-state index contributed by atoms with van der Waals surface area (Å²) in [4.78, 5) is 11.0. The lowest BCUT2D eigenvalue weighted by Crippen LogP contribution is -2.19. The van der Waals surface area contributed by atoms with Gasteiger partial charge in [0, 0.05) is 10.0 Å². The number of amidine groups is 1. The van der Waals surface area contributed by atoms with E-state index in [1.165, 1.54) is 11.8 Å². The molecule has 2 aromatic carbocycles. The van der Waals surface area contributed by atoms with Gasteiger partial charge in [0.2, 0.25) is 5.91 Å². The normalized spacial score (nSPS) is 15.9. The fraction of sp³-hybridized carbons (Fsp3) is 0.118. The molecule has 0 saturated carbocycles. The summed E-state index contributed by atoms with van der Waals surface area (Å²) in [6.45, 7) is 0.499. The lowest BCUT2D eigenvalue weighted by molar-refractivity contribution is -0.116. The quantitative estimate of drug-likeness (QED) is 0.612. The highest BCUT2D eigenvalue weighted by molar-refractivity contribution is 9.10. The van der Waals surface area contributed by atoms with Gasteiger partial charge in [0.15, 0.2) is 5.17 Å². The molecule has 0 bridgehead atoms. The van der Waals surface area contributed by atoms with Crippen LogP contribution in [0.4, 0.5) is 0 Å². The Morgan fingerprint density at radius 3 is 2.71 bits per heavy atom. The van der Waals surface area contributed by atoms with Gasteiger partial charge < -0.3 is 10.1 Å². The Hall–Kier alpha value is -2.12. The van der Waals surface area contributed by atoms with Gasteiger partial charge in [0.05, 0.1) is 12.0 Å². The Morgan fingerprint density at radius 2 is 2.00 bits per heavy atom. The molecule has 122 valence electrons. The van der Waals surface area contributed by atoms with E-state index in [9.17, 15) is 4.79 Å². The average Bonchev–Trinajstić information content (AvgIpc) is 3.01. The molecule has 24 heavy (non-hydrogen) atoms. The van der Waals surface area contributed by atoms with Crippen molar-refractivity contribution >= 4 is 45.0 Å². The second-order valence-electron chi connectivity index (χ2n) is 4.94. The van der Waals surface area contributed by atoms with Crippen molar-refractivity contribution in [3.8, 4) is 5.75 Å². The maximum absolute atomic E-state index is 11.0. The summed E-state index contributed by atoms with van der Waals surface area (Å²) in [5.41, 5.74) is 2.00. The van der Waals surface area contributed by atoms with E-state index < -0.39 is 0 Å². The van der Waals surface area contributed by atoms with E-state index >= 15 is 0 Å². The summed E-state index contributed by atoms with van der Waals surface area (Å²) in [6.07, 6.45) is 1.63. The molecule has 1 amide bonds. The zero-order valence-corrected chi connectivity index (χ0v) is 15.0. The molecule has 1 aliphatic heterocycles. The van der Waals surface area contributed by atoms with Gasteiger partial charge in [-0.1, -0.05) is 45.9 Å². The van der Waals surface area contributed by atoms with Crippen LogP contribution in [0.1, 0.15) is 11.1 Å². The molecule has 1 aliphatic rings. The molecule has 1 fully saturated rings. The maximum atomic E-state index is 11.0. The molecular formula is C17H14BrN3O2S. The number of benzene rings is 2. The minimum Gasteiger partial charge on any atom is -0.489 e. The van der Waals surface area contributed by atoms with Gasteiger partial charge >= 0.3 is 0 Å². The van der Waals surface area contributed by atoms with Crippen molar-refractivity contribution in [1.82, 2.24) is 5.32 Å². The fourth-order valence-corrected chi connectivity index (χ4v) is 2.98. The number of nitrogens with one attached hydrogen (secondary N) is 1. The van der Waals surface area contributed by atoms with Gasteiger partial charge in [0.25, 0.3) is 0 Å².